The highest BCUT2D eigenvalue weighted by Gasteiger charge is 2.41. The standard InChI is InChI=1S/C121H172N8O17/c1-9-11-13-15-17-19-21-23-25-27-29-31-33-35-37-39-41-43-45-63-81-141-97-78-77-93(107(84-97)142-82-64-46-44-42-40-38-36-34-32-30-28-26-24-22-20-18-16-14-12-10-2)90-143-117(139)103(79-80-112(134)145-119(3,4)5)127-115(137)104(83-92-65-51-47-52-66-92)128-116(138)106(86-113(135)146-120(6,7)8)126-111(133)89-123-114(136)105(85-108(130)129-121(94-67-53-48-54-68-94,95-69-55-49-56-70-95)96-71-57-50-58-72-96)125-110(132)88-122-109(131)87-124-118(140)144-91-102-100-75-61-59-73-98(100)99-74-60-62-76-101(99)102/h47-62,65-78,84,102-106H,9-46,63-64,79-83,85-91H2,1-8H3,(H,122,131)(H,123,136)(H,124,140)(H,125,132)(H,126,133)(H,127,137)(H,128,138)(H,129,130)/t103-,104-,105-,106-/m0/s1. The molecular formula is C121H172N8O17. The minimum atomic E-state index is -1.83. The second kappa shape index (κ2) is 68.5. The molecule has 0 aliphatic heterocycles. The summed E-state index contributed by atoms with van der Waals surface area (Å²) in [4.78, 5) is 158. The van der Waals surface area contributed by atoms with Crippen LogP contribution in [0.25, 0.3) is 11.1 Å². The molecule has 1 aliphatic rings. The molecular weight excluding hydrogens is 1840 g/mol. The van der Waals surface area contributed by atoms with E-state index in [-0.39, 0.29) is 38.4 Å². The molecule has 0 radical (unpaired) electrons. The van der Waals surface area contributed by atoms with Crippen molar-refractivity contribution in [1.82, 2.24) is 42.5 Å². The molecule has 0 fully saturated rings. The number of carbonyl (C=O) groups excluding carboxylic acids is 11. The van der Waals surface area contributed by atoms with Crippen LogP contribution in [0, 0.1) is 0 Å². The highest BCUT2D eigenvalue weighted by molar-refractivity contribution is 5.98. The summed E-state index contributed by atoms with van der Waals surface area (Å²) >= 11 is 0. The van der Waals surface area contributed by atoms with Crippen LogP contribution in [-0.2, 0) is 85.5 Å². The molecule has 25 heteroatoms. The van der Waals surface area contributed by atoms with E-state index in [4.69, 9.17) is 28.4 Å². The number of nitrogens with one attached hydrogen (secondary N) is 8. The molecule has 0 saturated carbocycles. The zero-order chi connectivity index (χ0) is 105. The summed E-state index contributed by atoms with van der Waals surface area (Å²) in [5.74, 6) is -8.40. The number of ether oxygens (including phenoxy) is 6. The summed E-state index contributed by atoms with van der Waals surface area (Å²) in [7, 11) is 0. The van der Waals surface area contributed by atoms with E-state index < -0.39 is 139 Å². The van der Waals surface area contributed by atoms with Gasteiger partial charge in [-0.05, 0) is 117 Å². The number of benzene rings is 7. The Balaban J connectivity index is 0.931. The van der Waals surface area contributed by atoms with Gasteiger partial charge < -0.3 is 71.0 Å². The van der Waals surface area contributed by atoms with Gasteiger partial charge in [0.05, 0.1) is 39.1 Å². The normalized spacial score (nSPS) is 12.6. The van der Waals surface area contributed by atoms with Crippen LogP contribution >= 0.6 is 0 Å². The van der Waals surface area contributed by atoms with Gasteiger partial charge in [0.15, 0.2) is 0 Å². The number of carbonyl (C=O) groups is 11. The zero-order valence-corrected chi connectivity index (χ0v) is 89.0. The first-order valence-corrected chi connectivity index (χ1v) is 55.0. The molecule has 8 amide bonds. The lowest BCUT2D eigenvalue weighted by molar-refractivity contribution is -0.157. The monoisotopic (exact) mass is 2010 g/mol. The van der Waals surface area contributed by atoms with Gasteiger partial charge in [0.1, 0.15) is 72.2 Å². The molecule has 0 unspecified atom stereocenters. The van der Waals surface area contributed by atoms with E-state index in [2.05, 4.69) is 56.4 Å². The van der Waals surface area contributed by atoms with Gasteiger partial charge in [0.2, 0.25) is 41.4 Å². The maximum atomic E-state index is 15.3. The first-order chi connectivity index (χ1) is 70.7. The van der Waals surface area contributed by atoms with Crippen molar-refractivity contribution in [3.63, 3.8) is 0 Å². The van der Waals surface area contributed by atoms with Crippen LogP contribution in [0.4, 0.5) is 4.79 Å². The third kappa shape index (κ3) is 46.9. The van der Waals surface area contributed by atoms with Crippen molar-refractivity contribution in [3.05, 3.63) is 227 Å². The molecule has 798 valence electrons. The number of alkyl carbamates (subject to hydrolysis) is 1. The van der Waals surface area contributed by atoms with Crippen LogP contribution in [0.2, 0.25) is 0 Å². The lowest BCUT2D eigenvalue weighted by atomic mass is 9.77. The highest BCUT2D eigenvalue weighted by Crippen LogP contribution is 2.45. The van der Waals surface area contributed by atoms with Crippen molar-refractivity contribution in [2.75, 3.05) is 39.5 Å². The van der Waals surface area contributed by atoms with Crippen LogP contribution in [0.15, 0.2) is 188 Å². The van der Waals surface area contributed by atoms with Gasteiger partial charge in [0.25, 0.3) is 0 Å². The summed E-state index contributed by atoms with van der Waals surface area (Å²) < 4.78 is 36.0. The van der Waals surface area contributed by atoms with Gasteiger partial charge >= 0.3 is 24.0 Å². The van der Waals surface area contributed by atoms with Gasteiger partial charge in [-0.3, -0.25) is 43.2 Å². The lowest BCUT2D eigenvalue weighted by Gasteiger charge is -2.37. The number of unbranched alkanes of at least 4 members (excludes halogenated alkanes) is 38. The van der Waals surface area contributed by atoms with E-state index in [0.717, 1.165) is 67.2 Å². The first kappa shape index (κ1) is 119. The quantitative estimate of drug-likeness (QED) is 0.00760. The number of hydrogen-bond donors (Lipinski definition) is 8. The van der Waals surface area contributed by atoms with Crippen molar-refractivity contribution in [1.29, 1.82) is 0 Å². The maximum Gasteiger partial charge on any atom is 0.407 e. The van der Waals surface area contributed by atoms with E-state index in [1.54, 1.807) is 77.9 Å². The fourth-order valence-electron chi connectivity index (χ4n) is 18.7. The van der Waals surface area contributed by atoms with E-state index in [1.807, 2.05) is 152 Å². The van der Waals surface area contributed by atoms with Crippen molar-refractivity contribution in [2.24, 2.45) is 0 Å². The van der Waals surface area contributed by atoms with Crippen LogP contribution < -0.4 is 52.0 Å². The second-order valence-electron chi connectivity index (χ2n) is 41.3. The summed E-state index contributed by atoms with van der Waals surface area (Å²) in [6.45, 7) is 12.7. The van der Waals surface area contributed by atoms with Crippen LogP contribution in [0.1, 0.15) is 383 Å². The molecule has 0 saturated heterocycles. The van der Waals surface area contributed by atoms with E-state index in [9.17, 15) is 38.4 Å². The minimum absolute atomic E-state index is 0.0279. The van der Waals surface area contributed by atoms with Gasteiger partial charge in [0, 0.05) is 30.4 Å². The molecule has 0 bridgehead atoms. The Kier molecular flexibility index (Phi) is 56.0. The van der Waals surface area contributed by atoms with Gasteiger partial charge in [-0.1, -0.05) is 428 Å². The Bertz CT molecular complexity index is 4840. The fourth-order valence-corrected chi connectivity index (χ4v) is 18.7. The highest BCUT2D eigenvalue weighted by atomic mass is 16.6. The van der Waals surface area contributed by atoms with Gasteiger partial charge in [-0.2, -0.15) is 0 Å². The summed E-state index contributed by atoms with van der Waals surface area (Å²) in [5, 5.41) is 21.1. The van der Waals surface area contributed by atoms with Crippen molar-refractivity contribution < 1.29 is 81.2 Å². The van der Waals surface area contributed by atoms with Gasteiger partial charge in [-0.15, -0.1) is 0 Å². The molecule has 0 heterocycles. The average Bonchev–Trinajstić information content (AvgIpc) is 1.58. The van der Waals surface area contributed by atoms with Crippen LogP contribution in [0.3, 0.4) is 0 Å². The fraction of sp³-hybridized carbons (Fsp3) is 0.562. The Labute approximate surface area is 870 Å². The average molecular weight is 2010 g/mol. The SMILES string of the molecule is CCCCCCCCCCCCCCCCCCCCCCOc1ccc(COC(=O)[C@H](CCC(=O)OC(C)(C)C)NC(=O)[C@H](Cc2ccccc2)NC(=O)[C@H](CC(=O)OC(C)(C)C)NC(=O)CNC(=O)[C@H](CC(=O)NC(c2ccccc2)(c2ccccc2)c2ccccc2)NC(=O)CNC(=O)CNC(=O)OCC2c3ccccc3-c3ccccc32)c(OCCCCCCCCCCCCCCCCCCCCCC)c1. The first-order valence-electron chi connectivity index (χ1n) is 55.0. The summed E-state index contributed by atoms with van der Waals surface area (Å²) in [6.07, 6.45) is 47.8. The van der Waals surface area contributed by atoms with Crippen molar-refractivity contribution in [3.8, 4) is 22.6 Å². The number of amides is 8. The Hall–Kier alpha value is -11.9. The van der Waals surface area contributed by atoms with Crippen LogP contribution in [0.5, 0.6) is 11.5 Å². The molecule has 0 spiro atoms. The smallest absolute Gasteiger partial charge is 0.407 e. The molecule has 1 aliphatic carbocycles. The van der Waals surface area contributed by atoms with Crippen LogP contribution in [-0.4, -0.2) is 140 Å². The lowest BCUT2D eigenvalue weighted by Crippen LogP contribution is -2.58. The molecule has 25 nitrogen and oxygen atoms in total. The molecule has 146 heavy (non-hydrogen) atoms. The van der Waals surface area contributed by atoms with Gasteiger partial charge in [-0.25, -0.2) is 9.59 Å². The third-order valence-corrected chi connectivity index (χ3v) is 26.5. The number of hydrogen-bond acceptors (Lipinski definition) is 17. The topological polar surface area (TPSA) is 339 Å². The zero-order valence-electron chi connectivity index (χ0n) is 89.0. The predicted molar refractivity (Wildman–Crippen MR) is 578 cm³/mol. The molecule has 4 atom stereocenters. The largest absolute Gasteiger partial charge is 0.493 e. The minimum Gasteiger partial charge on any atom is -0.493 e. The summed E-state index contributed by atoms with van der Waals surface area (Å²) in [6, 6.07) is 50.4. The molecule has 8 N–H and O–H groups in total. The van der Waals surface area contributed by atoms with E-state index >= 15 is 14.4 Å². The molecule has 8 rings (SSSR count). The maximum absolute atomic E-state index is 15.3. The number of fused-ring (bicyclic) bond motifs is 3. The summed E-state index contributed by atoms with van der Waals surface area (Å²) in [5.41, 5.74) is 3.58. The van der Waals surface area contributed by atoms with Crippen molar-refractivity contribution >= 4 is 65.4 Å². The second-order valence-corrected chi connectivity index (χ2v) is 41.3. The number of rotatable bonds is 75. The Morgan fingerprint density at radius 3 is 1.16 bits per heavy atom. The van der Waals surface area contributed by atoms with E-state index in [0.29, 0.717) is 52.5 Å². The predicted octanol–water partition coefficient (Wildman–Crippen LogP) is 23.4. The van der Waals surface area contributed by atoms with E-state index in [1.165, 1.54) is 212 Å². The number of esters is 3. The third-order valence-electron chi connectivity index (χ3n) is 26.5. The van der Waals surface area contributed by atoms with Crippen molar-refractivity contribution in [2.45, 2.75) is 398 Å². The molecule has 0 aromatic heterocycles. The molecule has 7 aromatic carbocycles. The Morgan fingerprint density at radius 1 is 0.336 bits per heavy atom. The molecule has 7 aromatic rings. The Morgan fingerprint density at radius 2 is 0.712 bits per heavy atom.